The number of carbonyl (C=O) groups is 2. The number of rotatable bonds is 4. The molecule has 0 radical (unpaired) electrons. The van der Waals surface area contributed by atoms with Gasteiger partial charge in [-0.25, -0.2) is 8.78 Å². The summed E-state index contributed by atoms with van der Waals surface area (Å²) in [5, 5.41) is 4.81. The van der Waals surface area contributed by atoms with Crippen LogP contribution in [0.3, 0.4) is 0 Å². The van der Waals surface area contributed by atoms with Gasteiger partial charge >= 0.3 is 0 Å². The number of carbonyl (C=O) groups excluding carboxylic acids is 2. The molecule has 0 heterocycles. The molecule has 6 heteroatoms. The van der Waals surface area contributed by atoms with Crippen LogP contribution in [-0.4, -0.2) is 18.4 Å². The number of aryl methyl sites for hydroxylation is 1. The summed E-state index contributed by atoms with van der Waals surface area (Å²) in [5.41, 5.74) is 1.58. The highest BCUT2D eigenvalue weighted by Gasteiger charge is 2.09. The van der Waals surface area contributed by atoms with Crippen molar-refractivity contribution in [2.24, 2.45) is 0 Å². The van der Waals surface area contributed by atoms with Crippen LogP contribution in [0.4, 0.5) is 14.5 Å². The highest BCUT2D eigenvalue weighted by atomic mass is 19.2. The van der Waals surface area contributed by atoms with Gasteiger partial charge < -0.3 is 10.6 Å². The number of amides is 2. The van der Waals surface area contributed by atoms with E-state index in [9.17, 15) is 18.4 Å². The van der Waals surface area contributed by atoms with E-state index in [1.165, 1.54) is 6.07 Å². The lowest BCUT2D eigenvalue weighted by Gasteiger charge is -2.07. The Kier molecular flexibility index (Phi) is 4.83. The second kappa shape index (κ2) is 6.80. The highest BCUT2D eigenvalue weighted by Crippen LogP contribution is 2.12. The molecule has 2 amide bonds. The molecule has 0 bridgehead atoms. The average Bonchev–Trinajstić information content (AvgIpc) is 2.49. The standard InChI is InChI=1S/C16H14F2N2O2/c1-10-2-4-11(5-3-10)16(22)19-9-15(21)20-12-6-7-13(17)14(18)8-12/h2-8H,9H2,1H3,(H,19,22)(H,20,21). The maximum atomic E-state index is 13.0. The third kappa shape index (κ3) is 4.12. The van der Waals surface area contributed by atoms with Gasteiger partial charge in [0.15, 0.2) is 11.6 Å². The topological polar surface area (TPSA) is 58.2 Å². The molecule has 0 saturated heterocycles. The second-order valence-corrected chi connectivity index (χ2v) is 4.73. The number of anilines is 1. The molecule has 0 unspecified atom stereocenters. The molecular weight excluding hydrogens is 290 g/mol. The van der Waals surface area contributed by atoms with E-state index in [0.29, 0.717) is 5.56 Å². The molecule has 0 spiro atoms. The van der Waals surface area contributed by atoms with Crippen LogP contribution in [0.25, 0.3) is 0 Å². The lowest BCUT2D eigenvalue weighted by molar-refractivity contribution is -0.115. The van der Waals surface area contributed by atoms with Gasteiger partial charge in [0.1, 0.15) is 0 Å². The molecule has 2 aromatic carbocycles. The molecule has 0 aliphatic heterocycles. The Labute approximate surface area is 126 Å². The summed E-state index contributed by atoms with van der Waals surface area (Å²) >= 11 is 0. The number of halogens is 2. The normalized spacial score (nSPS) is 10.1. The van der Waals surface area contributed by atoms with Crippen molar-refractivity contribution in [2.75, 3.05) is 11.9 Å². The molecule has 114 valence electrons. The molecule has 0 aromatic heterocycles. The molecule has 0 fully saturated rings. The summed E-state index contributed by atoms with van der Waals surface area (Å²) in [4.78, 5) is 23.5. The first-order chi connectivity index (χ1) is 10.5. The Balaban J connectivity index is 1.88. The summed E-state index contributed by atoms with van der Waals surface area (Å²) in [5.74, 6) is -2.97. The zero-order valence-corrected chi connectivity index (χ0v) is 11.8. The minimum atomic E-state index is -1.05. The Bertz CT molecular complexity index is 700. The van der Waals surface area contributed by atoms with E-state index < -0.39 is 17.5 Å². The largest absolute Gasteiger partial charge is 0.343 e. The molecule has 2 rings (SSSR count). The smallest absolute Gasteiger partial charge is 0.251 e. The third-order valence-electron chi connectivity index (χ3n) is 2.93. The lowest BCUT2D eigenvalue weighted by Crippen LogP contribution is -2.32. The highest BCUT2D eigenvalue weighted by molar-refractivity contribution is 5.99. The van der Waals surface area contributed by atoms with Crippen LogP contribution in [0.5, 0.6) is 0 Å². The van der Waals surface area contributed by atoms with Crippen molar-refractivity contribution in [1.29, 1.82) is 0 Å². The first-order valence-corrected chi connectivity index (χ1v) is 6.55. The second-order valence-electron chi connectivity index (χ2n) is 4.73. The van der Waals surface area contributed by atoms with E-state index in [2.05, 4.69) is 10.6 Å². The fraction of sp³-hybridized carbons (Fsp3) is 0.125. The van der Waals surface area contributed by atoms with E-state index in [-0.39, 0.29) is 18.1 Å². The molecule has 2 aromatic rings. The maximum absolute atomic E-state index is 13.0. The Morgan fingerprint density at radius 1 is 1.00 bits per heavy atom. The molecule has 2 N–H and O–H groups in total. The van der Waals surface area contributed by atoms with Crippen molar-refractivity contribution >= 4 is 17.5 Å². The van der Waals surface area contributed by atoms with Crippen molar-refractivity contribution in [1.82, 2.24) is 5.32 Å². The first kappa shape index (κ1) is 15.6. The van der Waals surface area contributed by atoms with Crippen LogP contribution < -0.4 is 10.6 Å². The van der Waals surface area contributed by atoms with Crippen LogP contribution in [0, 0.1) is 18.6 Å². The number of benzene rings is 2. The number of nitrogens with one attached hydrogen (secondary N) is 2. The number of hydrogen-bond donors (Lipinski definition) is 2. The van der Waals surface area contributed by atoms with Crippen LogP contribution in [0.1, 0.15) is 15.9 Å². The van der Waals surface area contributed by atoms with Gasteiger partial charge in [-0.05, 0) is 31.2 Å². The van der Waals surface area contributed by atoms with E-state index in [1.54, 1.807) is 24.3 Å². The molecule has 0 aliphatic carbocycles. The van der Waals surface area contributed by atoms with Gasteiger partial charge in [-0.3, -0.25) is 9.59 Å². The quantitative estimate of drug-likeness (QED) is 0.912. The molecule has 4 nitrogen and oxygen atoms in total. The van der Waals surface area contributed by atoms with Crippen molar-refractivity contribution in [2.45, 2.75) is 6.92 Å². The van der Waals surface area contributed by atoms with E-state index in [1.807, 2.05) is 6.92 Å². The first-order valence-electron chi connectivity index (χ1n) is 6.55. The van der Waals surface area contributed by atoms with Gasteiger partial charge in [0, 0.05) is 17.3 Å². The average molecular weight is 304 g/mol. The van der Waals surface area contributed by atoms with E-state index in [4.69, 9.17) is 0 Å². The van der Waals surface area contributed by atoms with Crippen LogP contribution in [-0.2, 0) is 4.79 Å². The summed E-state index contributed by atoms with van der Waals surface area (Å²) in [6, 6.07) is 9.89. The Hall–Kier alpha value is -2.76. The summed E-state index contributed by atoms with van der Waals surface area (Å²) in [6.07, 6.45) is 0. The minimum absolute atomic E-state index is 0.119. The van der Waals surface area contributed by atoms with Crippen molar-refractivity contribution in [3.63, 3.8) is 0 Å². The zero-order valence-electron chi connectivity index (χ0n) is 11.8. The van der Waals surface area contributed by atoms with Crippen molar-refractivity contribution in [3.8, 4) is 0 Å². The molecular formula is C16H14F2N2O2. The minimum Gasteiger partial charge on any atom is -0.343 e. The van der Waals surface area contributed by atoms with Crippen LogP contribution >= 0.6 is 0 Å². The molecule has 0 saturated carbocycles. The Morgan fingerprint density at radius 2 is 1.68 bits per heavy atom. The molecule has 22 heavy (non-hydrogen) atoms. The molecule has 0 aliphatic rings. The monoisotopic (exact) mass is 304 g/mol. The predicted octanol–water partition coefficient (Wildman–Crippen LogP) is 2.64. The maximum Gasteiger partial charge on any atom is 0.251 e. The van der Waals surface area contributed by atoms with Crippen molar-refractivity contribution < 1.29 is 18.4 Å². The van der Waals surface area contributed by atoms with Crippen LogP contribution in [0.2, 0.25) is 0 Å². The predicted molar refractivity (Wildman–Crippen MR) is 78.5 cm³/mol. The van der Waals surface area contributed by atoms with E-state index >= 15 is 0 Å². The van der Waals surface area contributed by atoms with Gasteiger partial charge in [-0.1, -0.05) is 17.7 Å². The summed E-state index contributed by atoms with van der Waals surface area (Å²) < 4.78 is 25.8. The van der Waals surface area contributed by atoms with Gasteiger partial charge in [0.05, 0.1) is 6.54 Å². The zero-order chi connectivity index (χ0) is 16.1. The Morgan fingerprint density at radius 3 is 2.32 bits per heavy atom. The summed E-state index contributed by atoms with van der Waals surface area (Å²) in [7, 11) is 0. The van der Waals surface area contributed by atoms with Gasteiger partial charge in [-0.2, -0.15) is 0 Å². The fourth-order valence-corrected chi connectivity index (χ4v) is 1.75. The number of hydrogen-bond acceptors (Lipinski definition) is 2. The van der Waals surface area contributed by atoms with Crippen molar-refractivity contribution in [3.05, 3.63) is 65.2 Å². The van der Waals surface area contributed by atoms with Gasteiger partial charge in [0.2, 0.25) is 5.91 Å². The fourth-order valence-electron chi connectivity index (χ4n) is 1.75. The van der Waals surface area contributed by atoms with Crippen LogP contribution in [0.15, 0.2) is 42.5 Å². The summed E-state index contributed by atoms with van der Waals surface area (Å²) in [6.45, 7) is 1.63. The van der Waals surface area contributed by atoms with Gasteiger partial charge in [0.25, 0.3) is 5.91 Å². The third-order valence-corrected chi connectivity index (χ3v) is 2.93. The van der Waals surface area contributed by atoms with Gasteiger partial charge in [-0.15, -0.1) is 0 Å². The lowest BCUT2D eigenvalue weighted by atomic mass is 10.1. The molecule has 0 atom stereocenters. The van der Waals surface area contributed by atoms with E-state index in [0.717, 1.165) is 17.7 Å². The SMILES string of the molecule is Cc1ccc(C(=O)NCC(=O)Nc2ccc(F)c(F)c2)cc1.